The maximum atomic E-state index is 12.8. The number of ether oxygens (including phenoxy) is 2. The molecule has 0 radical (unpaired) electrons. The molecule has 2 aliphatic rings. The molecule has 2 aromatic carbocycles. The lowest BCUT2D eigenvalue weighted by molar-refractivity contribution is 0.0994. The second-order valence-electron chi connectivity index (χ2n) is 11.4. The van der Waals surface area contributed by atoms with E-state index in [0.717, 1.165) is 28.3 Å². The Bertz CT molecular complexity index is 1400. The first-order valence-electron chi connectivity index (χ1n) is 12.5. The average Bonchev–Trinajstić information content (AvgIpc) is 3.24. The zero-order valence-corrected chi connectivity index (χ0v) is 23.5. The van der Waals surface area contributed by atoms with Crippen LogP contribution in [0, 0.1) is 10.8 Å². The van der Waals surface area contributed by atoms with Crippen LogP contribution in [0.15, 0.2) is 51.1 Å². The van der Waals surface area contributed by atoms with Crippen LogP contribution in [0.5, 0.6) is 17.4 Å². The molecule has 1 aromatic heterocycles. The number of carbonyl (C=O) groups excluding carboxylic acids is 1. The highest BCUT2D eigenvalue weighted by atomic mass is 79.9. The summed E-state index contributed by atoms with van der Waals surface area (Å²) in [5.41, 5.74) is 2.02. The Morgan fingerprint density at radius 1 is 1.11 bits per heavy atom. The summed E-state index contributed by atoms with van der Waals surface area (Å²) in [6, 6.07) is 11.1. The lowest BCUT2D eigenvalue weighted by Crippen LogP contribution is -2.35. The van der Waals surface area contributed by atoms with Crippen LogP contribution in [0.4, 0.5) is 5.69 Å². The molecular formula is C28H33BrN4O4. The first-order valence-corrected chi connectivity index (χ1v) is 13.2. The van der Waals surface area contributed by atoms with Gasteiger partial charge in [-0.05, 0) is 66.5 Å². The number of methoxy groups -OCH3 is 2. The first-order chi connectivity index (χ1) is 17.5. The number of carbonyl (C=O) groups is 1. The molecular weight excluding hydrogens is 536 g/mol. The van der Waals surface area contributed by atoms with Gasteiger partial charge in [0.1, 0.15) is 0 Å². The molecule has 8 nitrogen and oxygen atoms in total. The molecule has 1 aliphatic carbocycles. The minimum absolute atomic E-state index is 0.00261. The number of rotatable bonds is 6. The third-order valence-electron chi connectivity index (χ3n) is 7.69. The van der Waals surface area contributed by atoms with Gasteiger partial charge in [-0.25, -0.2) is 0 Å². The highest BCUT2D eigenvalue weighted by Crippen LogP contribution is 2.53. The van der Waals surface area contributed by atoms with Gasteiger partial charge in [-0.1, -0.05) is 36.7 Å². The van der Waals surface area contributed by atoms with Crippen molar-refractivity contribution in [2.75, 3.05) is 20.8 Å². The maximum absolute atomic E-state index is 12.8. The first kappa shape index (κ1) is 25.7. The van der Waals surface area contributed by atoms with Crippen LogP contribution in [0.25, 0.3) is 10.9 Å². The summed E-state index contributed by atoms with van der Waals surface area (Å²) in [6.45, 7) is 8.64. The molecule has 1 saturated heterocycles. The predicted octanol–water partition coefficient (Wildman–Crippen LogP) is 6.91. The monoisotopic (exact) mass is 568 g/mol. The Kier molecular flexibility index (Phi) is 6.56. The lowest BCUT2D eigenvalue weighted by atomic mass is 9.65. The van der Waals surface area contributed by atoms with Crippen molar-refractivity contribution in [1.82, 2.24) is 9.47 Å². The SMILES string of the molecule is COc1ccc(C(=O)N=Nc2c(O)n(CN3C[C@]4(C)C[C@H]3CC(C)(C)C4)c3ccc(Br)cc23)cc1OC. The quantitative estimate of drug-likeness (QED) is 0.326. The van der Waals surface area contributed by atoms with E-state index in [1.807, 2.05) is 22.8 Å². The third-order valence-corrected chi connectivity index (χ3v) is 8.18. The number of fused-ring (bicyclic) bond motifs is 3. The fourth-order valence-corrected chi connectivity index (χ4v) is 6.94. The molecule has 1 amide bonds. The van der Waals surface area contributed by atoms with E-state index in [4.69, 9.17) is 9.47 Å². The molecule has 196 valence electrons. The smallest absolute Gasteiger partial charge is 0.295 e. The van der Waals surface area contributed by atoms with Crippen LogP contribution in [0.1, 0.15) is 50.4 Å². The zero-order chi connectivity index (χ0) is 26.5. The van der Waals surface area contributed by atoms with Crippen molar-refractivity contribution in [3.05, 3.63) is 46.4 Å². The fourth-order valence-electron chi connectivity index (χ4n) is 6.58. The molecule has 3 aromatic rings. The second-order valence-corrected chi connectivity index (χ2v) is 12.4. The van der Waals surface area contributed by atoms with Crippen LogP contribution in [-0.2, 0) is 6.67 Å². The number of azo groups is 1. The number of hydrogen-bond acceptors (Lipinski definition) is 6. The minimum Gasteiger partial charge on any atom is -0.493 e. The fraction of sp³-hybridized carbons (Fsp3) is 0.464. The second kappa shape index (κ2) is 9.44. The Labute approximate surface area is 225 Å². The standard InChI is InChI=1S/C28H33BrN4O4/c1-27(2)12-19-13-28(3,14-27)15-32(19)16-33-21-8-7-18(29)11-20(21)24(26(33)35)30-31-25(34)17-6-9-22(36-4)23(10-17)37-5/h6-11,19,35H,12-16H2,1-5H3/t19-,28-/m1/s1. The summed E-state index contributed by atoms with van der Waals surface area (Å²) in [7, 11) is 3.04. The van der Waals surface area contributed by atoms with Gasteiger partial charge in [0.05, 0.1) is 26.4 Å². The van der Waals surface area contributed by atoms with Crippen LogP contribution in [0.3, 0.4) is 0 Å². The molecule has 9 heteroatoms. The van der Waals surface area contributed by atoms with Gasteiger partial charge in [0.2, 0.25) is 5.88 Å². The molecule has 2 atom stereocenters. The predicted molar refractivity (Wildman–Crippen MR) is 146 cm³/mol. The van der Waals surface area contributed by atoms with E-state index in [1.54, 1.807) is 18.2 Å². The summed E-state index contributed by atoms with van der Waals surface area (Å²) in [6.07, 6.45) is 3.52. The number of amides is 1. The normalized spacial score (nSPS) is 23.1. The van der Waals surface area contributed by atoms with Gasteiger partial charge in [-0.3, -0.25) is 14.3 Å². The van der Waals surface area contributed by atoms with Crippen molar-refractivity contribution in [2.45, 2.75) is 52.7 Å². The molecule has 0 spiro atoms. The number of nitrogens with zero attached hydrogens (tertiary/aromatic N) is 4. The van der Waals surface area contributed by atoms with Gasteiger partial charge in [0.25, 0.3) is 5.91 Å². The summed E-state index contributed by atoms with van der Waals surface area (Å²) >= 11 is 3.52. The van der Waals surface area contributed by atoms with Gasteiger partial charge in [-0.2, -0.15) is 0 Å². The van der Waals surface area contributed by atoms with E-state index in [0.29, 0.717) is 35.2 Å². The molecule has 2 heterocycles. The van der Waals surface area contributed by atoms with E-state index in [1.165, 1.54) is 27.1 Å². The Balaban J connectivity index is 1.47. The van der Waals surface area contributed by atoms with E-state index in [-0.39, 0.29) is 17.0 Å². The Morgan fingerprint density at radius 3 is 2.59 bits per heavy atom. The highest BCUT2D eigenvalue weighted by molar-refractivity contribution is 9.10. The van der Waals surface area contributed by atoms with Crippen molar-refractivity contribution < 1.29 is 19.4 Å². The molecule has 1 aliphatic heterocycles. The Morgan fingerprint density at radius 2 is 1.86 bits per heavy atom. The number of halogens is 1. The van der Waals surface area contributed by atoms with E-state index >= 15 is 0 Å². The number of benzene rings is 2. The van der Waals surface area contributed by atoms with Crippen molar-refractivity contribution >= 4 is 38.4 Å². The molecule has 2 fully saturated rings. The van der Waals surface area contributed by atoms with Crippen LogP contribution in [0.2, 0.25) is 0 Å². The zero-order valence-electron chi connectivity index (χ0n) is 21.9. The van der Waals surface area contributed by atoms with E-state index < -0.39 is 5.91 Å². The number of aromatic hydroxyl groups is 1. The summed E-state index contributed by atoms with van der Waals surface area (Å²) in [5, 5.41) is 20.2. The largest absolute Gasteiger partial charge is 0.493 e. The number of aromatic nitrogens is 1. The van der Waals surface area contributed by atoms with Crippen molar-refractivity contribution in [2.24, 2.45) is 21.1 Å². The van der Waals surface area contributed by atoms with Crippen molar-refractivity contribution in [3.63, 3.8) is 0 Å². The average molecular weight is 570 g/mol. The molecule has 5 rings (SSSR count). The van der Waals surface area contributed by atoms with Gasteiger partial charge in [-0.15, -0.1) is 10.2 Å². The summed E-state index contributed by atoms with van der Waals surface area (Å²) < 4.78 is 13.3. The van der Waals surface area contributed by atoms with Crippen LogP contribution in [-0.4, -0.2) is 47.3 Å². The molecule has 1 N–H and O–H groups in total. The van der Waals surface area contributed by atoms with Gasteiger partial charge >= 0.3 is 0 Å². The number of hydrogen-bond donors (Lipinski definition) is 1. The maximum Gasteiger partial charge on any atom is 0.295 e. The number of likely N-dealkylation sites (tertiary alicyclic amines) is 1. The minimum atomic E-state index is -0.542. The van der Waals surface area contributed by atoms with Crippen LogP contribution >= 0.6 is 15.9 Å². The lowest BCUT2D eigenvalue weighted by Gasteiger charge is -2.40. The molecule has 37 heavy (non-hydrogen) atoms. The highest BCUT2D eigenvalue weighted by Gasteiger charge is 2.49. The van der Waals surface area contributed by atoms with Crippen molar-refractivity contribution in [1.29, 1.82) is 0 Å². The van der Waals surface area contributed by atoms with Gasteiger partial charge in [0.15, 0.2) is 17.2 Å². The molecule has 1 saturated carbocycles. The van der Waals surface area contributed by atoms with E-state index in [9.17, 15) is 9.90 Å². The topological polar surface area (TPSA) is 88.7 Å². The third kappa shape index (κ3) is 4.86. The van der Waals surface area contributed by atoms with Crippen molar-refractivity contribution in [3.8, 4) is 17.4 Å². The van der Waals surface area contributed by atoms with Gasteiger partial charge in [0, 0.05) is 28.0 Å². The van der Waals surface area contributed by atoms with E-state index in [2.05, 4.69) is 51.8 Å². The Hall–Kier alpha value is -2.91. The van der Waals surface area contributed by atoms with Crippen LogP contribution < -0.4 is 9.47 Å². The summed E-state index contributed by atoms with van der Waals surface area (Å²) in [5.74, 6) is 0.410. The molecule has 0 unspecified atom stereocenters. The summed E-state index contributed by atoms with van der Waals surface area (Å²) in [4.78, 5) is 15.3. The van der Waals surface area contributed by atoms with Gasteiger partial charge < -0.3 is 14.6 Å². The molecule has 2 bridgehead atoms.